The first-order valence-electron chi connectivity index (χ1n) is 7.97. The van der Waals surface area contributed by atoms with E-state index in [0.717, 1.165) is 26.2 Å². The molecule has 0 aromatic carbocycles. The Balaban J connectivity index is 1.50. The number of imidazole rings is 1. The molecule has 2 aliphatic heterocycles. The first-order chi connectivity index (χ1) is 10.6. The number of β-amino-alcohol motifs (C(OH)–C–C–N with tert-alkyl or cyclic N) is 1. The second kappa shape index (κ2) is 6.76. The topological polar surface area (TPSA) is 64.8 Å². The number of aryl methyl sites for hydroxylation is 1. The van der Waals surface area contributed by atoms with Gasteiger partial charge in [0.25, 0.3) is 0 Å². The van der Waals surface area contributed by atoms with Crippen LogP contribution < -0.4 is 0 Å². The Morgan fingerprint density at radius 2 is 2.05 bits per heavy atom. The molecule has 0 aliphatic carbocycles. The Hall–Kier alpha value is -1.44. The summed E-state index contributed by atoms with van der Waals surface area (Å²) in [6.07, 6.45) is 5.32. The summed E-state index contributed by atoms with van der Waals surface area (Å²) in [5.41, 5.74) is 0. The van der Waals surface area contributed by atoms with Gasteiger partial charge in [-0.2, -0.15) is 0 Å². The molecule has 2 fully saturated rings. The Bertz CT molecular complexity index is 484. The molecular formula is C15H25N5O2. The van der Waals surface area contributed by atoms with Crippen LogP contribution in [0.1, 0.15) is 6.42 Å². The number of piperazine rings is 1. The second-order valence-corrected chi connectivity index (χ2v) is 6.32. The number of rotatable bonds is 4. The third-order valence-corrected chi connectivity index (χ3v) is 4.76. The van der Waals surface area contributed by atoms with Crippen molar-refractivity contribution in [2.24, 2.45) is 0 Å². The van der Waals surface area contributed by atoms with E-state index in [9.17, 15) is 9.90 Å². The molecule has 7 heteroatoms. The van der Waals surface area contributed by atoms with Crippen molar-refractivity contribution in [2.75, 3.05) is 46.3 Å². The van der Waals surface area contributed by atoms with E-state index in [0.29, 0.717) is 26.1 Å². The minimum absolute atomic E-state index is 0.0888. The Morgan fingerprint density at radius 3 is 2.73 bits per heavy atom. The van der Waals surface area contributed by atoms with Gasteiger partial charge in [-0.25, -0.2) is 4.98 Å². The summed E-state index contributed by atoms with van der Waals surface area (Å²) in [6.45, 7) is 5.73. The molecule has 1 aromatic heterocycles. The van der Waals surface area contributed by atoms with Crippen molar-refractivity contribution in [3.63, 3.8) is 0 Å². The summed E-state index contributed by atoms with van der Waals surface area (Å²) in [5, 5.41) is 10.3. The van der Waals surface area contributed by atoms with Gasteiger partial charge < -0.3 is 19.5 Å². The summed E-state index contributed by atoms with van der Waals surface area (Å²) in [6, 6.07) is 0.0888. The highest BCUT2D eigenvalue weighted by Crippen LogP contribution is 2.19. The van der Waals surface area contributed by atoms with E-state index in [1.165, 1.54) is 0 Å². The smallest absolute Gasteiger partial charge is 0.224 e. The highest BCUT2D eigenvalue weighted by atomic mass is 16.3. The SMILES string of the molecule is CN1CCN([C@@H]2CN(C(=O)CCn3ccnc3)C[C@H]2O)CC1. The van der Waals surface area contributed by atoms with Crippen molar-refractivity contribution >= 4 is 5.91 Å². The molecule has 22 heavy (non-hydrogen) atoms. The fourth-order valence-electron chi connectivity index (χ4n) is 3.29. The highest BCUT2D eigenvalue weighted by Gasteiger charge is 2.38. The highest BCUT2D eigenvalue weighted by molar-refractivity contribution is 5.76. The molecule has 0 bridgehead atoms. The monoisotopic (exact) mass is 307 g/mol. The van der Waals surface area contributed by atoms with Crippen LogP contribution in [0.4, 0.5) is 0 Å². The number of carbonyl (C=O) groups is 1. The summed E-state index contributed by atoms with van der Waals surface area (Å²) < 4.78 is 1.91. The zero-order chi connectivity index (χ0) is 15.5. The first kappa shape index (κ1) is 15.5. The number of amides is 1. The molecule has 1 amide bonds. The van der Waals surface area contributed by atoms with Crippen molar-refractivity contribution in [3.05, 3.63) is 18.7 Å². The van der Waals surface area contributed by atoms with Gasteiger partial charge in [0.2, 0.25) is 5.91 Å². The van der Waals surface area contributed by atoms with Crippen molar-refractivity contribution in [3.8, 4) is 0 Å². The summed E-state index contributed by atoms with van der Waals surface area (Å²) >= 11 is 0. The molecule has 7 nitrogen and oxygen atoms in total. The van der Waals surface area contributed by atoms with Crippen LogP contribution in [0.3, 0.4) is 0 Å². The fraction of sp³-hybridized carbons (Fsp3) is 0.733. The minimum Gasteiger partial charge on any atom is -0.390 e. The van der Waals surface area contributed by atoms with Crippen LogP contribution in [0.5, 0.6) is 0 Å². The number of carbonyl (C=O) groups excluding carboxylic acids is 1. The molecule has 0 spiro atoms. The summed E-state index contributed by atoms with van der Waals surface area (Å²) in [7, 11) is 2.12. The maximum absolute atomic E-state index is 12.3. The van der Waals surface area contributed by atoms with Gasteiger partial charge in [0, 0.05) is 64.6 Å². The first-order valence-corrected chi connectivity index (χ1v) is 7.97. The molecule has 122 valence electrons. The zero-order valence-corrected chi connectivity index (χ0v) is 13.1. The van der Waals surface area contributed by atoms with Crippen LogP contribution >= 0.6 is 0 Å². The molecule has 3 rings (SSSR count). The van der Waals surface area contributed by atoms with Crippen molar-refractivity contribution in [1.82, 2.24) is 24.3 Å². The lowest BCUT2D eigenvalue weighted by molar-refractivity contribution is -0.130. The number of aromatic nitrogens is 2. The van der Waals surface area contributed by atoms with Gasteiger partial charge in [0.1, 0.15) is 0 Å². The minimum atomic E-state index is -0.430. The molecule has 2 aliphatic rings. The lowest BCUT2D eigenvalue weighted by Crippen LogP contribution is -2.52. The Kier molecular flexibility index (Phi) is 4.75. The van der Waals surface area contributed by atoms with Gasteiger partial charge in [0.15, 0.2) is 0 Å². The average Bonchev–Trinajstić information content (AvgIpc) is 3.15. The van der Waals surface area contributed by atoms with Crippen LogP contribution in [-0.4, -0.2) is 93.7 Å². The maximum atomic E-state index is 12.3. The maximum Gasteiger partial charge on any atom is 0.224 e. The van der Waals surface area contributed by atoms with E-state index in [-0.39, 0.29) is 11.9 Å². The lowest BCUT2D eigenvalue weighted by Gasteiger charge is -2.37. The largest absolute Gasteiger partial charge is 0.390 e. The third kappa shape index (κ3) is 3.48. The van der Waals surface area contributed by atoms with Crippen molar-refractivity contribution < 1.29 is 9.90 Å². The number of likely N-dealkylation sites (N-methyl/N-ethyl adjacent to an activating group) is 1. The lowest BCUT2D eigenvalue weighted by atomic mass is 10.1. The second-order valence-electron chi connectivity index (χ2n) is 6.32. The van der Waals surface area contributed by atoms with Crippen LogP contribution in [0.2, 0.25) is 0 Å². The number of hydrogen-bond donors (Lipinski definition) is 1. The molecule has 3 heterocycles. The predicted octanol–water partition coefficient (Wildman–Crippen LogP) is -0.908. The molecule has 0 saturated carbocycles. The number of aliphatic hydroxyl groups excluding tert-OH is 1. The predicted molar refractivity (Wildman–Crippen MR) is 82.3 cm³/mol. The van der Waals surface area contributed by atoms with E-state index in [2.05, 4.69) is 21.8 Å². The molecule has 1 aromatic rings. The quantitative estimate of drug-likeness (QED) is 0.780. The van der Waals surface area contributed by atoms with E-state index in [1.54, 1.807) is 12.5 Å². The Labute approximate surface area is 131 Å². The number of hydrogen-bond acceptors (Lipinski definition) is 5. The van der Waals surface area contributed by atoms with E-state index in [1.807, 2.05) is 15.7 Å². The number of likely N-dealkylation sites (tertiary alicyclic amines) is 1. The third-order valence-electron chi connectivity index (χ3n) is 4.76. The molecule has 2 saturated heterocycles. The van der Waals surface area contributed by atoms with Crippen LogP contribution in [0, 0.1) is 0 Å². The van der Waals surface area contributed by atoms with E-state index >= 15 is 0 Å². The molecule has 1 N–H and O–H groups in total. The average molecular weight is 307 g/mol. The van der Waals surface area contributed by atoms with Crippen LogP contribution in [-0.2, 0) is 11.3 Å². The van der Waals surface area contributed by atoms with Gasteiger partial charge >= 0.3 is 0 Å². The number of aliphatic hydroxyl groups is 1. The molecule has 0 unspecified atom stereocenters. The molecular weight excluding hydrogens is 282 g/mol. The fourth-order valence-corrected chi connectivity index (χ4v) is 3.29. The van der Waals surface area contributed by atoms with Crippen LogP contribution in [0.25, 0.3) is 0 Å². The van der Waals surface area contributed by atoms with E-state index in [4.69, 9.17) is 0 Å². The summed E-state index contributed by atoms with van der Waals surface area (Å²) in [4.78, 5) is 22.7. The van der Waals surface area contributed by atoms with Gasteiger partial charge in [0.05, 0.1) is 18.5 Å². The van der Waals surface area contributed by atoms with Gasteiger partial charge in [-0.05, 0) is 7.05 Å². The van der Waals surface area contributed by atoms with Gasteiger partial charge in [-0.15, -0.1) is 0 Å². The van der Waals surface area contributed by atoms with Crippen molar-refractivity contribution in [1.29, 1.82) is 0 Å². The van der Waals surface area contributed by atoms with Crippen molar-refractivity contribution in [2.45, 2.75) is 25.1 Å². The van der Waals surface area contributed by atoms with Gasteiger partial charge in [-0.1, -0.05) is 0 Å². The van der Waals surface area contributed by atoms with E-state index < -0.39 is 6.10 Å². The van der Waals surface area contributed by atoms with Crippen LogP contribution in [0.15, 0.2) is 18.7 Å². The Morgan fingerprint density at radius 1 is 1.27 bits per heavy atom. The standard InChI is InChI=1S/C15H25N5O2/c1-17-6-8-19(9-7-17)13-10-20(11-14(13)21)15(22)2-4-18-5-3-16-12-18/h3,5,12-14,21H,2,4,6-11H2,1H3/t13-,14-/m1/s1. The van der Waals surface area contributed by atoms with Gasteiger partial charge in [-0.3, -0.25) is 9.69 Å². The molecule has 2 atom stereocenters. The number of nitrogens with zero attached hydrogens (tertiary/aromatic N) is 5. The zero-order valence-electron chi connectivity index (χ0n) is 13.1. The molecule has 0 radical (unpaired) electrons. The summed E-state index contributed by atoms with van der Waals surface area (Å²) in [5.74, 6) is 0.115. The normalized spacial score (nSPS) is 27.5.